The van der Waals surface area contributed by atoms with Crippen molar-refractivity contribution in [3.63, 3.8) is 0 Å². The highest BCUT2D eigenvalue weighted by atomic mass is 16.5. The molecule has 44 heavy (non-hydrogen) atoms. The number of rotatable bonds is 21. The van der Waals surface area contributed by atoms with E-state index in [1.807, 2.05) is 72.8 Å². The number of carbonyl (C=O) groups excluding carboxylic acids is 1. The Bertz CT molecular complexity index is 1210. The smallest absolute Gasteiger partial charge is 0.241 e. The van der Waals surface area contributed by atoms with Crippen molar-refractivity contribution in [2.24, 2.45) is 5.73 Å². The monoisotopic (exact) mass is 604 g/mol. The van der Waals surface area contributed by atoms with Crippen molar-refractivity contribution >= 4 is 11.6 Å². The number of amides is 1. The number of ether oxygens (including phenoxy) is 3. The lowest BCUT2D eigenvalue weighted by atomic mass is 10.1. The number of benzene rings is 3. The summed E-state index contributed by atoms with van der Waals surface area (Å²) in [7, 11) is 0. The highest BCUT2D eigenvalue weighted by Gasteiger charge is 2.17. The molecule has 3 rings (SSSR count). The Morgan fingerprint density at radius 1 is 0.727 bits per heavy atom. The van der Waals surface area contributed by atoms with Crippen molar-refractivity contribution in [3.8, 4) is 17.2 Å². The Balaban J connectivity index is 1.57. The van der Waals surface area contributed by atoms with Crippen LogP contribution in [0.2, 0.25) is 0 Å². The van der Waals surface area contributed by atoms with Crippen molar-refractivity contribution in [1.82, 2.24) is 9.80 Å². The largest absolute Gasteiger partial charge is 0.493 e. The van der Waals surface area contributed by atoms with Gasteiger partial charge < -0.3 is 35.1 Å². The molecule has 1 amide bonds. The summed E-state index contributed by atoms with van der Waals surface area (Å²) >= 11 is 0. The molecule has 3 N–H and O–H groups in total. The number of carbonyl (C=O) groups is 1. The second kappa shape index (κ2) is 19.6. The van der Waals surface area contributed by atoms with Gasteiger partial charge >= 0.3 is 0 Å². The van der Waals surface area contributed by atoms with Gasteiger partial charge in [0.2, 0.25) is 5.91 Å². The summed E-state index contributed by atoms with van der Waals surface area (Å²) in [5, 5.41) is 2.99. The zero-order valence-electron chi connectivity index (χ0n) is 27.1. The van der Waals surface area contributed by atoms with Gasteiger partial charge in [0, 0.05) is 19.2 Å². The van der Waals surface area contributed by atoms with Gasteiger partial charge in [0.25, 0.3) is 0 Å². The molecule has 0 radical (unpaired) electrons. The Morgan fingerprint density at radius 3 is 1.93 bits per heavy atom. The van der Waals surface area contributed by atoms with Crippen molar-refractivity contribution in [1.29, 1.82) is 0 Å². The van der Waals surface area contributed by atoms with Gasteiger partial charge in [-0.15, -0.1) is 0 Å². The minimum atomic E-state index is -0.724. The second-order valence-corrected chi connectivity index (χ2v) is 10.8. The molecule has 3 aromatic carbocycles. The summed E-state index contributed by atoms with van der Waals surface area (Å²) in [6.07, 6.45) is 2.22. The third-order valence-corrected chi connectivity index (χ3v) is 7.73. The maximum absolute atomic E-state index is 13.1. The highest BCUT2D eigenvalue weighted by Crippen LogP contribution is 2.30. The first-order valence-electron chi connectivity index (χ1n) is 16.1. The molecule has 0 spiro atoms. The van der Waals surface area contributed by atoms with E-state index in [0.29, 0.717) is 37.7 Å². The second-order valence-electron chi connectivity index (χ2n) is 10.8. The molecule has 0 aliphatic heterocycles. The van der Waals surface area contributed by atoms with Gasteiger partial charge in [-0.05, 0) is 80.8 Å². The van der Waals surface area contributed by atoms with E-state index in [1.54, 1.807) is 0 Å². The maximum Gasteiger partial charge on any atom is 0.241 e. The van der Waals surface area contributed by atoms with Crippen LogP contribution in [0.1, 0.15) is 51.7 Å². The summed E-state index contributed by atoms with van der Waals surface area (Å²) in [5.41, 5.74) is 9.00. The lowest BCUT2D eigenvalue weighted by molar-refractivity contribution is -0.117. The van der Waals surface area contributed by atoms with Crippen molar-refractivity contribution < 1.29 is 19.0 Å². The molecular weight excluding hydrogens is 552 g/mol. The Hall–Kier alpha value is -3.59. The van der Waals surface area contributed by atoms with Crippen LogP contribution in [0.25, 0.3) is 0 Å². The van der Waals surface area contributed by atoms with Crippen LogP contribution in [0.4, 0.5) is 5.69 Å². The van der Waals surface area contributed by atoms with E-state index in [9.17, 15) is 4.79 Å². The maximum atomic E-state index is 13.1. The fraction of sp³-hybridized carbons (Fsp3) is 0.472. The molecule has 0 bridgehead atoms. The third kappa shape index (κ3) is 12.2. The van der Waals surface area contributed by atoms with Gasteiger partial charge in [-0.3, -0.25) is 4.79 Å². The number of nitrogens with zero attached hydrogens (tertiary/aromatic N) is 2. The fourth-order valence-corrected chi connectivity index (χ4v) is 4.88. The first-order valence-corrected chi connectivity index (χ1v) is 16.1. The summed E-state index contributed by atoms with van der Waals surface area (Å²) in [5.74, 6) is 1.82. The molecule has 0 fully saturated rings. The van der Waals surface area contributed by atoms with E-state index in [4.69, 9.17) is 19.9 Å². The average molecular weight is 605 g/mol. The molecule has 1 atom stereocenters. The number of hydrogen-bond acceptors (Lipinski definition) is 7. The lowest BCUT2D eigenvalue weighted by Crippen LogP contribution is -2.37. The Labute approximate surface area is 264 Å². The zero-order valence-corrected chi connectivity index (χ0v) is 27.1. The molecule has 3 aromatic rings. The van der Waals surface area contributed by atoms with Crippen LogP contribution >= 0.6 is 0 Å². The van der Waals surface area contributed by atoms with Gasteiger partial charge in [-0.1, -0.05) is 70.2 Å². The quantitative estimate of drug-likeness (QED) is 0.144. The number of hydrogen-bond donors (Lipinski definition) is 2. The van der Waals surface area contributed by atoms with E-state index < -0.39 is 6.04 Å². The summed E-state index contributed by atoms with van der Waals surface area (Å²) in [6, 6.07) is 22.6. The predicted octanol–water partition coefficient (Wildman–Crippen LogP) is 6.00. The van der Waals surface area contributed by atoms with Crippen molar-refractivity contribution in [3.05, 3.63) is 83.9 Å². The van der Waals surface area contributed by atoms with Crippen LogP contribution in [0.5, 0.6) is 17.2 Å². The van der Waals surface area contributed by atoms with Crippen LogP contribution in [0, 0.1) is 0 Å². The number of nitrogens with two attached hydrogens (primary N) is 1. The number of nitrogens with one attached hydrogen (secondary N) is 1. The molecular formula is C36H52N4O4. The summed E-state index contributed by atoms with van der Waals surface area (Å²) in [6.45, 7) is 16.4. The Kier molecular flexibility index (Phi) is 15.6. The van der Waals surface area contributed by atoms with Crippen molar-refractivity contribution in [2.75, 3.05) is 57.8 Å². The zero-order chi connectivity index (χ0) is 31.6. The molecule has 0 aromatic heterocycles. The van der Waals surface area contributed by atoms with Crippen LogP contribution in [-0.2, 0) is 17.8 Å². The van der Waals surface area contributed by atoms with Gasteiger partial charge in [0.05, 0.1) is 24.9 Å². The molecule has 8 nitrogen and oxygen atoms in total. The van der Waals surface area contributed by atoms with Gasteiger partial charge in [-0.2, -0.15) is 0 Å². The molecule has 8 heteroatoms. The number of anilines is 1. The molecule has 0 aliphatic rings. The summed E-state index contributed by atoms with van der Waals surface area (Å²) in [4.78, 5) is 17.9. The van der Waals surface area contributed by atoms with Gasteiger partial charge in [0.1, 0.15) is 23.9 Å². The molecule has 0 aliphatic carbocycles. The molecule has 0 saturated heterocycles. The molecule has 0 heterocycles. The first-order chi connectivity index (χ1) is 21.4. The van der Waals surface area contributed by atoms with Crippen LogP contribution in [0.3, 0.4) is 0 Å². The Morgan fingerprint density at radius 2 is 1.32 bits per heavy atom. The van der Waals surface area contributed by atoms with Gasteiger partial charge in [-0.25, -0.2) is 0 Å². The summed E-state index contributed by atoms with van der Waals surface area (Å²) < 4.78 is 18.1. The van der Waals surface area contributed by atoms with Crippen LogP contribution in [0.15, 0.2) is 72.8 Å². The topological polar surface area (TPSA) is 89.3 Å². The minimum Gasteiger partial charge on any atom is -0.493 e. The molecule has 0 unspecified atom stereocenters. The van der Waals surface area contributed by atoms with Crippen LogP contribution < -0.4 is 25.3 Å². The molecule has 0 saturated carbocycles. The van der Waals surface area contributed by atoms with Gasteiger partial charge in [0.15, 0.2) is 0 Å². The van der Waals surface area contributed by atoms with E-state index in [-0.39, 0.29) is 5.91 Å². The standard InChI is InChI=1S/C36H52N4O4/c1-5-39(6-2)22-12-24-42-32-20-21-34(35(27-32)43-25-13-23-40(7-3)8-4)38-36(41)33(37)26-29-16-18-31(19-17-29)44-28-30-14-10-9-11-15-30/h9-11,14-21,27,33H,5-8,12-13,22-26,28,37H2,1-4H3,(H,38,41)/t33-/m1/s1. The highest BCUT2D eigenvalue weighted by molar-refractivity contribution is 5.96. The SMILES string of the molecule is CCN(CC)CCCOc1ccc(NC(=O)[C@H](N)Cc2ccc(OCc3ccccc3)cc2)c(OCCCN(CC)CC)c1. The van der Waals surface area contributed by atoms with E-state index >= 15 is 0 Å². The lowest BCUT2D eigenvalue weighted by Gasteiger charge is -2.20. The van der Waals surface area contributed by atoms with Crippen LogP contribution in [-0.4, -0.2) is 74.2 Å². The fourth-order valence-electron chi connectivity index (χ4n) is 4.88. The predicted molar refractivity (Wildman–Crippen MR) is 180 cm³/mol. The average Bonchev–Trinajstić information content (AvgIpc) is 3.06. The van der Waals surface area contributed by atoms with E-state index in [0.717, 1.165) is 74.7 Å². The van der Waals surface area contributed by atoms with E-state index in [2.05, 4.69) is 42.8 Å². The first kappa shape index (κ1) is 34.9. The normalized spacial score (nSPS) is 11.9. The van der Waals surface area contributed by atoms with E-state index in [1.165, 1.54) is 0 Å². The molecule has 240 valence electrons. The van der Waals surface area contributed by atoms with Crippen molar-refractivity contribution in [2.45, 2.75) is 59.6 Å². The minimum absolute atomic E-state index is 0.268. The third-order valence-electron chi connectivity index (χ3n) is 7.73.